The Labute approximate surface area is 124 Å². The van der Waals surface area contributed by atoms with E-state index in [2.05, 4.69) is 17.4 Å². The van der Waals surface area contributed by atoms with Gasteiger partial charge in [-0.15, -0.1) is 0 Å². The molecule has 1 amide bonds. The standard InChI is InChI=1S/C17H21NO3/c19-15(20)11-18-16(21)17(9-12-4-2-1-3-5-12)10-13-6-7-14(17)8-13/h1-5,13-14H,6-11H2,(H,18,21)(H,19,20)/t13-,14-,17+/m0/s1. The maximum atomic E-state index is 12.7. The van der Waals surface area contributed by atoms with Gasteiger partial charge in [-0.05, 0) is 43.1 Å². The molecule has 0 spiro atoms. The van der Waals surface area contributed by atoms with Crippen molar-refractivity contribution in [2.45, 2.75) is 32.1 Å². The Morgan fingerprint density at radius 2 is 2.00 bits per heavy atom. The molecule has 1 aromatic carbocycles. The molecule has 0 aliphatic heterocycles. The fourth-order valence-corrected chi connectivity index (χ4v) is 4.31. The van der Waals surface area contributed by atoms with E-state index in [4.69, 9.17) is 5.11 Å². The van der Waals surface area contributed by atoms with Crippen molar-refractivity contribution in [3.05, 3.63) is 35.9 Å². The Balaban J connectivity index is 1.82. The normalized spacial score (nSPS) is 30.3. The number of aliphatic carboxylic acids is 1. The number of carbonyl (C=O) groups is 2. The van der Waals surface area contributed by atoms with Gasteiger partial charge in [-0.1, -0.05) is 36.8 Å². The summed E-state index contributed by atoms with van der Waals surface area (Å²) in [7, 11) is 0. The number of hydrogen-bond acceptors (Lipinski definition) is 2. The third-order valence-corrected chi connectivity index (χ3v) is 5.19. The van der Waals surface area contributed by atoms with Gasteiger partial charge in [0.1, 0.15) is 6.54 Å². The Morgan fingerprint density at radius 3 is 2.57 bits per heavy atom. The van der Waals surface area contributed by atoms with Crippen LogP contribution in [0, 0.1) is 17.3 Å². The molecule has 0 aromatic heterocycles. The highest BCUT2D eigenvalue weighted by Gasteiger charge is 2.55. The third-order valence-electron chi connectivity index (χ3n) is 5.19. The molecule has 0 radical (unpaired) electrons. The van der Waals surface area contributed by atoms with Crippen LogP contribution in [-0.4, -0.2) is 23.5 Å². The number of carboxylic acids is 1. The molecule has 2 aliphatic rings. The largest absolute Gasteiger partial charge is 0.480 e. The molecule has 0 heterocycles. The lowest BCUT2D eigenvalue weighted by molar-refractivity contribution is -0.141. The summed E-state index contributed by atoms with van der Waals surface area (Å²) >= 11 is 0. The second-order valence-electron chi connectivity index (χ2n) is 6.48. The highest BCUT2D eigenvalue weighted by atomic mass is 16.4. The molecule has 0 saturated heterocycles. The first-order valence-electron chi connectivity index (χ1n) is 7.64. The van der Waals surface area contributed by atoms with E-state index in [9.17, 15) is 9.59 Å². The quantitative estimate of drug-likeness (QED) is 0.872. The third kappa shape index (κ3) is 2.67. The van der Waals surface area contributed by atoms with Crippen LogP contribution < -0.4 is 5.32 Å². The number of carboxylic acid groups (broad SMARTS) is 1. The number of hydrogen-bond donors (Lipinski definition) is 2. The highest BCUT2D eigenvalue weighted by molar-refractivity contribution is 5.87. The number of benzene rings is 1. The van der Waals surface area contributed by atoms with E-state index in [1.807, 2.05) is 18.2 Å². The van der Waals surface area contributed by atoms with Crippen molar-refractivity contribution < 1.29 is 14.7 Å². The number of carbonyl (C=O) groups excluding carboxylic acids is 1. The lowest BCUT2D eigenvalue weighted by Gasteiger charge is -2.36. The molecular formula is C17H21NO3. The van der Waals surface area contributed by atoms with Crippen molar-refractivity contribution in [3.63, 3.8) is 0 Å². The summed E-state index contributed by atoms with van der Waals surface area (Å²) in [5, 5.41) is 11.4. The van der Waals surface area contributed by atoms with Crippen LogP contribution in [0.2, 0.25) is 0 Å². The van der Waals surface area contributed by atoms with Gasteiger partial charge in [0.25, 0.3) is 0 Å². The van der Waals surface area contributed by atoms with E-state index in [0.29, 0.717) is 11.8 Å². The topological polar surface area (TPSA) is 66.4 Å². The SMILES string of the molecule is O=C(O)CNC(=O)[C@]1(Cc2ccccc2)C[C@H]2CC[C@H]1C2. The van der Waals surface area contributed by atoms with Crippen LogP contribution in [-0.2, 0) is 16.0 Å². The zero-order valence-corrected chi connectivity index (χ0v) is 12.0. The van der Waals surface area contributed by atoms with Crippen LogP contribution in [0.15, 0.2) is 30.3 Å². The van der Waals surface area contributed by atoms with E-state index in [1.165, 1.54) is 6.42 Å². The summed E-state index contributed by atoms with van der Waals surface area (Å²) in [6.07, 6.45) is 5.05. The molecule has 3 rings (SSSR count). The van der Waals surface area contributed by atoms with E-state index in [0.717, 1.165) is 31.2 Å². The molecule has 3 atom stereocenters. The molecule has 4 nitrogen and oxygen atoms in total. The van der Waals surface area contributed by atoms with Crippen LogP contribution in [0.5, 0.6) is 0 Å². The molecule has 0 unspecified atom stereocenters. The first kappa shape index (κ1) is 14.1. The summed E-state index contributed by atoms with van der Waals surface area (Å²) in [5.74, 6) is -0.0203. The highest BCUT2D eigenvalue weighted by Crippen LogP contribution is 2.57. The van der Waals surface area contributed by atoms with Gasteiger partial charge in [0.2, 0.25) is 5.91 Å². The maximum Gasteiger partial charge on any atom is 0.322 e. The molecule has 1 aromatic rings. The van der Waals surface area contributed by atoms with Gasteiger partial charge in [0.15, 0.2) is 0 Å². The number of nitrogens with one attached hydrogen (secondary N) is 1. The summed E-state index contributed by atoms with van der Waals surface area (Å²) in [5.41, 5.74) is 0.759. The molecule has 2 fully saturated rings. The van der Waals surface area contributed by atoms with Crippen molar-refractivity contribution in [1.29, 1.82) is 0 Å². The summed E-state index contributed by atoms with van der Waals surface area (Å²) < 4.78 is 0. The Bertz CT molecular complexity index is 542. The fraction of sp³-hybridized carbons (Fsp3) is 0.529. The maximum absolute atomic E-state index is 12.7. The van der Waals surface area contributed by atoms with Gasteiger partial charge >= 0.3 is 5.97 Å². The minimum absolute atomic E-state index is 0.0686. The van der Waals surface area contributed by atoms with Gasteiger partial charge in [0, 0.05) is 0 Å². The van der Waals surface area contributed by atoms with Crippen molar-refractivity contribution in [2.75, 3.05) is 6.54 Å². The lowest BCUT2D eigenvalue weighted by Crippen LogP contribution is -2.47. The second kappa shape index (κ2) is 5.51. The van der Waals surface area contributed by atoms with E-state index >= 15 is 0 Å². The minimum Gasteiger partial charge on any atom is -0.480 e. The van der Waals surface area contributed by atoms with Crippen molar-refractivity contribution >= 4 is 11.9 Å². The van der Waals surface area contributed by atoms with E-state index in [-0.39, 0.29) is 12.5 Å². The van der Waals surface area contributed by atoms with Crippen LogP contribution >= 0.6 is 0 Å². The average molecular weight is 287 g/mol. The molecule has 2 aliphatic carbocycles. The Morgan fingerprint density at radius 1 is 1.24 bits per heavy atom. The van der Waals surface area contributed by atoms with Crippen molar-refractivity contribution in [3.8, 4) is 0 Å². The number of rotatable bonds is 5. The zero-order valence-electron chi connectivity index (χ0n) is 12.0. The summed E-state index contributed by atoms with van der Waals surface area (Å²) in [4.78, 5) is 23.4. The van der Waals surface area contributed by atoms with E-state index in [1.54, 1.807) is 0 Å². The number of amides is 1. The fourth-order valence-electron chi connectivity index (χ4n) is 4.31. The van der Waals surface area contributed by atoms with Gasteiger partial charge in [-0.3, -0.25) is 9.59 Å². The van der Waals surface area contributed by atoms with Crippen LogP contribution in [0.1, 0.15) is 31.2 Å². The molecule has 21 heavy (non-hydrogen) atoms. The van der Waals surface area contributed by atoms with Crippen molar-refractivity contribution in [2.24, 2.45) is 17.3 Å². The van der Waals surface area contributed by atoms with Gasteiger partial charge in [0.05, 0.1) is 5.41 Å². The van der Waals surface area contributed by atoms with Crippen LogP contribution in [0.4, 0.5) is 0 Å². The predicted octanol–water partition coefficient (Wildman–Crippen LogP) is 2.24. The first-order chi connectivity index (χ1) is 10.1. The van der Waals surface area contributed by atoms with Gasteiger partial charge in [-0.2, -0.15) is 0 Å². The van der Waals surface area contributed by atoms with Crippen molar-refractivity contribution in [1.82, 2.24) is 5.32 Å². The minimum atomic E-state index is -0.985. The Kier molecular flexibility index (Phi) is 3.70. The molecule has 112 valence electrons. The zero-order chi connectivity index (χ0) is 14.9. The summed E-state index contributed by atoms with van der Waals surface area (Å²) in [6, 6.07) is 10.1. The van der Waals surface area contributed by atoms with E-state index < -0.39 is 11.4 Å². The van der Waals surface area contributed by atoms with Gasteiger partial charge in [-0.25, -0.2) is 0 Å². The molecular weight excluding hydrogens is 266 g/mol. The first-order valence-corrected chi connectivity index (χ1v) is 7.64. The van der Waals surface area contributed by atoms with Crippen LogP contribution in [0.3, 0.4) is 0 Å². The van der Waals surface area contributed by atoms with Crippen LogP contribution in [0.25, 0.3) is 0 Å². The molecule has 4 heteroatoms. The average Bonchev–Trinajstić information content (AvgIpc) is 3.07. The lowest BCUT2D eigenvalue weighted by atomic mass is 9.68. The Hall–Kier alpha value is -1.84. The molecule has 2 saturated carbocycles. The molecule has 2 bridgehead atoms. The number of fused-ring (bicyclic) bond motifs is 2. The second-order valence-corrected chi connectivity index (χ2v) is 6.48. The smallest absolute Gasteiger partial charge is 0.322 e. The molecule has 2 N–H and O–H groups in total. The summed E-state index contributed by atoms with van der Waals surface area (Å²) in [6.45, 7) is -0.285. The van der Waals surface area contributed by atoms with Gasteiger partial charge < -0.3 is 10.4 Å². The predicted molar refractivity (Wildman–Crippen MR) is 78.7 cm³/mol. The monoisotopic (exact) mass is 287 g/mol.